The lowest BCUT2D eigenvalue weighted by atomic mass is 9.95. The standard InChI is InChI=1S/C21H24F2N2O3S2/c1-28-10-4-9-24-20(27)19-14-5-2-3-6-17(14)30-21(19)25-18(26)12-29-13-7-8-15(22)16(23)11-13/h7-8,11H,2-6,9-10,12H2,1H3,(H,24,27)(H,25,26). The Kier molecular flexibility index (Phi) is 8.24. The average Bonchev–Trinajstić information content (AvgIpc) is 3.09. The summed E-state index contributed by atoms with van der Waals surface area (Å²) in [5, 5.41) is 6.32. The first kappa shape index (κ1) is 22.7. The van der Waals surface area contributed by atoms with Crippen molar-refractivity contribution < 1.29 is 23.1 Å². The predicted octanol–water partition coefficient (Wildman–Crippen LogP) is 4.40. The zero-order chi connectivity index (χ0) is 21.5. The van der Waals surface area contributed by atoms with Crippen molar-refractivity contribution in [1.29, 1.82) is 0 Å². The number of carbonyl (C=O) groups is 2. The van der Waals surface area contributed by atoms with Gasteiger partial charge in [0.25, 0.3) is 5.91 Å². The number of thioether (sulfide) groups is 1. The highest BCUT2D eigenvalue weighted by Gasteiger charge is 2.26. The Labute approximate surface area is 182 Å². The second-order valence-corrected chi connectivity index (χ2v) is 9.08. The van der Waals surface area contributed by atoms with Crippen LogP contribution in [0.1, 0.15) is 40.1 Å². The molecular formula is C21H24F2N2O3S2. The smallest absolute Gasteiger partial charge is 0.254 e. The minimum absolute atomic E-state index is 0.0303. The Bertz CT molecular complexity index is 918. The van der Waals surface area contributed by atoms with E-state index in [4.69, 9.17) is 4.74 Å². The van der Waals surface area contributed by atoms with Crippen LogP contribution in [0.25, 0.3) is 0 Å². The van der Waals surface area contributed by atoms with Gasteiger partial charge in [0, 0.05) is 30.0 Å². The molecule has 0 bridgehead atoms. The molecule has 0 atom stereocenters. The van der Waals surface area contributed by atoms with Crippen molar-refractivity contribution in [3.63, 3.8) is 0 Å². The number of ether oxygens (including phenoxy) is 1. The van der Waals surface area contributed by atoms with Crippen molar-refractivity contribution in [2.45, 2.75) is 37.0 Å². The highest BCUT2D eigenvalue weighted by Crippen LogP contribution is 2.38. The van der Waals surface area contributed by atoms with Crippen molar-refractivity contribution in [2.75, 3.05) is 31.3 Å². The maximum absolute atomic E-state index is 13.3. The molecule has 1 aromatic carbocycles. The molecule has 0 fully saturated rings. The Hall–Kier alpha value is -1.97. The lowest BCUT2D eigenvalue weighted by molar-refractivity contribution is -0.113. The molecule has 162 valence electrons. The number of methoxy groups -OCH3 is 1. The minimum Gasteiger partial charge on any atom is -0.385 e. The van der Waals surface area contributed by atoms with Crippen molar-refractivity contribution in [3.05, 3.63) is 45.8 Å². The van der Waals surface area contributed by atoms with Gasteiger partial charge in [-0.15, -0.1) is 23.1 Å². The highest BCUT2D eigenvalue weighted by molar-refractivity contribution is 8.00. The zero-order valence-electron chi connectivity index (χ0n) is 16.7. The van der Waals surface area contributed by atoms with E-state index in [1.54, 1.807) is 7.11 Å². The topological polar surface area (TPSA) is 67.4 Å². The average molecular weight is 455 g/mol. The number of benzene rings is 1. The molecule has 1 aliphatic rings. The van der Waals surface area contributed by atoms with Crippen LogP contribution in [0.2, 0.25) is 0 Å². The molecule has 1 heterocycles. The first-order valence-electron chi connectivity index (χ1n) is 9.79. The van der Waals surface area contributed by atoms with E-state index in [0.29, 0.717) is 35.0 Å². The van der Waals surface area contributed by atoms with Gasteiger partial charge >= 0.3 is 0 Å². The Morgan fingerprint density at radius 2 is 2.00 bits per heavy atom. The van der Waals surface area contributed by atoms with E-state index in [1.165, 1.54) is 17.4 Å². The van der Waals surface area contributed by atoms with Gasteiger partial charge in [0.2, 0.25) is 5.91 Å². The number of nitrogens with one attached hydrogen (secondary N) is 2. The summed E-state index contributed by atoms with van der Waals surface area (Å²) in [5.41, 5.74) is 1.58. The van der Waals surface area contributed by atoms with Crippen LogP contribution in [0.3, 0.4) is 0 Å². The molecule has 2 amide bonds. The summed E-state index contributed by atoms with van der Waals surface area (Å²) in [6, 6.07) is 3.53. The molecule has 2 aromatic rings. The number of hydrogen-bond acceptors (Lipinski definition) is 5. The third kappa shape index (κ3) is 5.80. The molecule has 30 heavy (non-hydrogen) atoms. The third-order valence-corrected chi connectivity index (χ3v) is 6.92. The molecule has 0 aliphatic heterocycles. The summed E-state index contributed by atoms with van der Waals surface area (Å²) < 4.78 is 31.4. The first-order valence-corrected chi connectivity index (χ1v) is 11.6. The molecule has 5 nitrogen and oxygen atoms in total. The summed E-state index contributed by atoms with van der Waals surface area (Å²) >= 11 is 2.56. The number of anilines is 1. The molecule has 0 unspecified atom stereocenters. The summed E-state index contributed by atoms with van der Waals surface area (Å²) in [7, 11) is 1.61. The van der Waals surface area contributed by atoms with Gasteiger partial charge in [-0.25, -0.2) is 8.78 Å². The predicted molar refractivity (Wildman–Crippen MR) is 115 cm³/mol. The molecule has 2 N–H and O–H groups in total. The van der Waals surface area contributed by atoms with E-state index < -0.39 is 11.6 Å². The van der Waals surface area contributed by atoms with E-state index in [1.807, 2.05) is 0 Å². The van der Waals surface area contributed by atoms with Gasteiger partial charge in [-0.3, -0.25) is 9.59 Å². The monoisotopic (exact) mass is 454 g/mol. The van der Waals surface area contributed by atoms with Crippen LogP contribution in [0.4, 0.5) is 13.8 Å². The van der Waals surface area contributed by atoms with Gasteiger partial charge in [-0.2, -0.15) is 0 Å². The molecule has 9 heteroatoms. The summed E-state index contributed by atoms with van der Waals surface area (Å²) in [6.07, 6.45) is 4.53. The largest absolute Gasteiger partial charge is 0.385 e. The van der Waals surface area contributed by atoms with Gasteiger partial charge < -0.3 is 15.4 Å². The SMILES string of the molecule is COCCCNC(=O)c1c(NC(=O)CSc2ccc(F)c(F)c2)sc2c1CCCC2. The van der Waals surface area contributed by atoms with Crippen LogP contribution in [-0.4, -0.2) is 37.8 Å². The van der Waals surface area contributed by atoms with E-state index in [9.17, 15) is 18.4 Å². The second-order valence-electron chi connectivity index (χ2n) is 6.93. The Morgan fingerprint density at radius 1 is 1.20 bits per heavy atom. The number of hydrogen-bond donors (Lipinski definition) is 2. The molecular weight excluding hydrogens is 430 g/mol. The third-order valence-electron chi connectivity index (χ3n) is 4.72. The van der Waals surface area contributed by atoms with E-state index in [2.05, 4.69) is 10.6 Å². The number of thiophene rings is 1. The zero-order valence-corrected chi connectivity index (χ0v) is 18.3. The number of rotatable bonds is 9. The quantitative estimate of drug-likeness (QED) is 0.435. The number of fused-ring (bicyclic) bond motifs is 1. The summed E-state index contributed by atoms with van der Waals surface area (Å²) in [4.78, 5) is 26.9. The number of halogens is 2. The van der Waals surface area contributed by atoms with Crippen LogP contribution in [0, 0.1) is 11.6 Å². The first-order chi connectivity index (χ1) is 14.5. The lowest BCUT2D eigenvalue weighted by Gasteiger charge is -2.13. The normalized spacial score (nSPS) is 13.0. The highest BCUT2D eigenvalue weighted by atomic mass is 32.2. The Morgan fingerprint density at radius 3 is 2.77 bits per heavy atom. The minimum atomic E-state index is -0.946. The van der Waals surface area contributed by atoms with Crippen molar-refractivity contribution in [3.8, 4) is 0 Å². The molecule has 0 spiro atoms. The molecule has 0 saturated carbocycles. The maximum atomic E-state index is 13.3. The molecule has 0 radical (unpaired) electrons. The van der Waals surface area contributed by atoms with Crippen LogP contribution in [-0.2, 0) is 22.4 Å². The van der Waals surface area contributed by atoms with E-state index >= 15 is 0 Å². The van der Waals surface area contributed by atoms with Gasteiger partial charge in [0.15, 0.2) is 11.6 Å². The van der Waals surface area contributed by atoms with Gasteiger partial charge in [0.05, 0.1) is 11.3 Å². The molecule has 0 saturated heterocycles. The van der Waals surface area contributed by atoms with Gasteiger partial charge in [0.1, 0.15) is 5.00 Å². The van der Waals surface area contributed by atoms with Crippen molar-refractivity contribution in [2.24, 2.45) is 0 Å². The van der Waals surface area contributed by atoms with Crippen molar-refractivity contribution >= 4 is 39.9 Å². The lowest BCUT2D eigenvalue weighted by Crippen LogP contribution is -2.27. The maximum Gasteiger partial charge on any atom is 0.254 e. The fraction of sp³-hybridized carbons (Fsp3) is 0.429. The number of carbonyl (C=O) groups excluding carboxylic acids is 2. The second kappa shape index (κ2) is 10.9. The Balaban J connectivity index is 1.67. The van der Waals surface area contributed by atoms with Gasteiger partial charge in [-0.1, -0.05) is 0 Å². The summed E-state index contributed by atoms with van der Waals surface area (Å²) in [5.74, 6) is -2.32. The number of amides is 2. The number of aryl methyl sites for hydroxylation is 1. The van der Waals surface area contributed by atoms with Gasteiger partial charge in [-0.05, 0) is 55.9 Å². The molecule has 1 aromatic heterocycles. The molecule has 3 rings (SSSR count). The van der Waals surface area contributed by atoms with Crippen molar-refractivity contribution in [1.82, 2.24) is 5.32 Å². The van der Waals surface area contributed by atoms with E-state index in [-0.39, 0.29) is 17.6 Å². The summed E-state index contributed by atoms with van der Waals surface area (Å²) in [6.45, 7) is 1.06. The van der Waals surface area contributed by atoms with Crippen LogP contribution in [0.15, 0.2) is 23.1 Å². The fourth-order valence-corrected chi connectivity index (χ4v) is 5.30. The fourth-order valence-electron chi connectivity index (χ4n) is 3.28. The van der Waals surface area contributed by atoms with E-state index in [0.717, 1.165) is 60.0 Å². The van der Waals surface area contributed by atoms with Crippen LogP contribution in [0.5, 0.6) is 0 Å². The van der Waals surface area contributed by atoms with Crippen LogP contribution >= 0.6 is 23.1 Å². The molecule has 1 aliphatic carbocycles. The van der Waals surface area contributed by atoms with Crippen LogP contribution < -0.4 is 10.6 Å².